The lowest BCUT2D eigenvalue weighted by Gasteiger charge is -2.07. The quantitative estimate of drug-likeness (QED) is 0.608. The Bertz CT molecular complexity index is 116. The summed E-state index contributed by atoms with van der Waals surface area (Å²) in [6.07, 6.45) is 0. The first-order valence-corrected chi connectivity index (χ1v) is 3.64. The maximum atomic E-state index is 4.07. The number of hydrogen-bond acceptors (Lipinski definition) is 2. The van der Waals surface area contributed by atoms with Gasteiger partial charge in [0.05, 0.1) is 0 Å². The van der Waals surface area contributed by atoms with E-state index in [4.69, 9.17) is 0 Å². The van der Waals surface area contributed by atoms with Crippen LogP contribution in [0.4, 0.5) is 0 Å². The average Bonchev–Trinajstić information content (AvgIpc) is 2.14. The highest BCUT2D eigenvalue weighted by molar-refractivity contribution is 14.0. The van der Waals surface area contributed by atoms with Crippen LogP contribution in [0.5, 0.6) is 0 Å². The number of nitrogens with zero attached hydrogens (tertiary/aromatic N) is 2. The van der Waals surface area contributed by atoms with Crippen molar-refractivity contribution in [1.82, 2.24) is 4.90 Å². The van der Waals surface area contributed by atoms with Gasteiger partial charge in [-0.25, -0.2) is 0 Å². The van der Waals surface area contributed by atoms with Crippen LogP contribution in [0.3, 0.4) is 0 Å². The predicted octanol–water partition coefficient (Wildman–Crippen LogP) is 1.27. The first-order valence-electron chi connectivity index (χ1n) is 2.65. The van der Waals surface area contributed by atoms with Crippen LogP contribution < -0.4 is 0 Å². The zero-order chi connectivity index (χ0) is 5.98. The summed E-state index contributed by atoms with van der Waals surface area (Å²) >= 11 is 1.83. The molecule has 0 aliphatic carbocycles. The smallest absolute Gasteiger partial charge is 0.158 e. The molecule has 9 heavy (non-hydrogen) atoms. The molecular formula is C5H11IN2S. The second kappa shape index (κ2) is 4.38. The maximum absolute atomic E-state index is 4.07. The SMILES string of the molecule is CN=C1SCCN1C.I. The van der Waals surface area contributed by atoms with Crippen molar-refractivity contribution in [2.45, 2.75) is 0 Å². The van der Waals surface area contributed by atoms with Crippen LogP contribution in [0.25, 0.3) is 0 Å². The van der Waals surface area contributed by atoms with Crippen LogP contribution in [-0.2, 0) is 0 Å². The van der Waals surface area contributed by atoms with E-state index >= 15 is 0 Å². The lowest BCUT2D eigenvalue weighted by molar-refractivity contribution is 0.562. The van der Waals surface area contributed by atoms with Crippen molar-refractivity contribution >= 4 is 40.9 Å². The number of thioether (sulfide) groups is 1. The van der Waals surface area contributed by atoms with Gasteiger partial charge < -0.3 is 4.90 Å². The summed E-state index contributed by atoms with van der Waals surface area (Å²) in [5.74, 6) is 1.20. The van der Waals surface area contributed by atoms with Gasteiger partial charge in [-0.05, 0) is 0 Å². The standard InChI is InChI=1S/C5H10N2S.HI/c1-6-5-7(2)3-4-8-5;/h3-4H2,1-2H3;1H. The minimum atomic E-state index is 0. The molecule has 1 aliphatic rings. The largest absolute Gasteiger partial charge is 0.354 e. The summed E-state index contributed by atoms with van der Waals surface area (Å²) in [7, 11) is 3.91. The van der Waals surface area contributed by atoms with Gasteiger partial charge in [0.25, 0.3) is 0 Å². The van der Waals surface area contributed by atoms with E-state index in [1.54, 1.807) is 0 Å². The number of halogens is 1. The number of amidine groups is 1. The predicted molar refractivity (Wildman–Crippen MR) is 53.9 cm³/mol. The van der Waals surface area contributed by atoms with Gasteiger partial charge in [0.15, 0.2) is 5.17 Å². The molecular weight excluding hydrogens is 247 g/mol. The highest BCUT2D eigenvalue weighted by atomic mass is 127. The molecule has 2 nitrogen and oxygen atoms in total. The van der Waals surface area contributed by atoms with Gasteiger partial charge in [0.2, 0.25) is 0 Å². The molecule has 54 valence electrons. The summed E-state index contributed by atoms with van der Waals surface area (Å²) in [5, 5.41) is 1.17. The molecule has 0 atom stereocenters. The van der Waals surface area contributed by atoms with Gasteiger partial charge in [0.1, 0.15) is 0 Å². The highest BCUT2D eigenvalue weighted by Crippen LogP contribution is 2.14. The molecule has 0 spiro atoms. The Kier molecular flexibility index (Phi) is 4.65. The normalized spacial score (nSPS) is 22.4. The molecule has 4 heteroatoms. The van der Waals surface area contributed by atoms with Gasteiger partial charge >= 0.3 is 0 Å². The third-order valence-electron chi connectivity index (χ3n) is 1.18. The Labute approximate surface area is 77.1 Å². The van der Waals surface area contributed by atoms with E-state index in [1.807, 2.05) is 18.8 Å². The second-order valence-electron chi connectivity index (χ2n) is 1.78. The molecule has 1 rings (SSSR count). The molecule has 0 radical (unpaired) electrons. The average molecular weight is 258 g/mol. The van der Waals surface area contributed by atoms with E-state index in [0.717, 1.165) is 6.54 Å². The Morgan fingerprint density at radius 1 is 1.67 bits per heavy atom. The van der Waals surface area contributed by atoms with Crippen molar-refractivity contribution < 1.29 is 0 Å². The van der Waals surface area contributed by atoms with Crippen LogP contribution >= 0.6 is 35.7 Å². The fraction of sp³-hybridized carbons (Fsp3) is 0.800. The minimum Gasteiger partial charge on any atom is -0.354 e. The summed E-state index contributed by atoms with van der Waals surface area (Å²) in [4.78, 5) is 6.25. The molecule has 0 amide bonds. The molecule has 0 aromatic carbocycles. The van der Waals surface area contributed by atoms with Crippen molar-refractivity contribution in [1.29, 1.82) is 0 Å². The molecule has 0 aromatic rings. The molecule has 0 saturated carbocycles. The van der Waals surface area contributed by atoms with E-state index in [1.165, 1.54) is 10.9 Å². The third-order valence-corrected chi connectivity index (χ3v) is 2.31. The zero-order valence-corrected chi connectivity index (χ0v) is 8.77. The molecule has 1 saturated heterocycles. The lowest BCUT2D eigenvalue weighted by atomic mass is 10.7. The molecule has 0 aromatic heterocycles. The fourth-order valence-electron chi connectivity index (χ4n) is 0.715. The minimum absolute atomic E-state index is 0. The van der Waals surface area contributed by atoms with Crippen molar-refractivity contribution in [2.75, 3.05) is 26.4 Å². The van der Waals surface area contributed by atoms with Crippen LogP contribution in [-0.4, -0.2) is 36.5 Å². The first-order chi connectivity index (χ1) is 3.84. The van der Waals surface area contributed by atoms with Crippen LogP contribution in [0.2, 0.25) is 0 Å². The van der Waals surface area contributed by atoms with Gasteiger partial charge in [-0.2, -0.15) is 0 Å². The lowest BCUT2D eigenvalue weighted by Crippen LogP contribution is -2.17. The molecule has 0 unspecified atom stereocenters. The van der Waals surface area contributed by atoms with Crippen LogP contribution in [0, 0.1) is 0 Å². The summed E-state index contributed by atoms with van der Waals surface area (Å²) in [6, 6.07) is 0. The van der Waals surface area contributed by atoms with Crippen molar-refractivity contribution in [3.05, 3.63) is 0 Å². The van der Waals surface area contributed by atoms with Gasteiger partial charge in [-0.15, -0.1) is 24.0 Å². The molecule has 1 aliphatic heterocycles. The van der Waals surface area contributed by atoms with Gasteiger partial charge in [-0.1, -0.05) is 11.8 Å². The number of aliphatic imine (C=N–C) groups is 1. The van der Waals surface area contributed by atoms with Crippen molar-refractivity contribution in [2.24, 2.45) is 4.99 Å². The number of rotatable bonds is 0. The van der Waals surface area contributed by atoms with E-state index in [2.05, 4.69) is 16.9 Å². The topological polar surface area (TPSA) is 15.6 Å². The molecule has 1 heterocycles. The summed E-state index contributed by atoms with van der Waals surface area (Å²) in [5.41, 5.74) is 0. The summed E-state index contributed by atoms with van der Waals surface area (Å²) < 4.78 is 0. The van der Waals surface area contributed by atoms with Gasteiger partial charge in [0, 0.05) is 26.4 Å². The molecule has 0 bridgehead atoms. The Morgan fingerprint density at radius 3 is 2.56 bits per heavy atom. The Hall–Kier alpha value is 0.550. The first kappa shape index (κ1) is 9.55. The van der Waals surface area contributed by atoms with Gasteiger partial charge in [-0.3, -0.25) is 4.99 Å². The number of hydrogen-bond donors (Lipinski definition) is 0. The second-order valence-corrected chi connectivity index (χ2v) is 2.84. The zero-order valence-electron chi connectivity index (χ0n) is 5.63. The third kappa shape index (κ3) is 2.33. The highest BCUT2D eigenvalue weighted by Gasteiger charge is 2.12. The van der Waals surface area contributed by atoms with Crippen molar-refractivity contribution in [3.63, 3.8) is 0 Å². The Morgan fingerprint density at radius 2 is 2.33 bits per heavy atom. The van der Waals surface area contributed by atoms with Crippen LogP contribution in [0.1, 0.15) is 0 Å². The Balaban J connectivity index is 0.000000640. The fourth-order valence-corrected chi connectivity index (χ4v) is 1.70. The monoisotopic (exact) mass is 258 g/mol. The van der Waals surface area contributed by atoms with Crippen molar-refractivity contribution in [3.8, 4) is 0 Å². The van der Waals surface area contributed by atoms with E-state index in [-0.39, 0.29) is 24.0 Å². The summed E-state index contributed by atoms with van der Waals surface area (Å²) in [6.45, 7) is 1.15. The molecule has 1 fully saturated rings. The maximum Gasteiger partial charge on any atom is 0.158 e. The van der Waals surface area contributed by atoms with Crippen LogP contribution in [0.15, 0.2) is 4.99 Å². The van der Waals surface area contributed by atoms with E-state index in [9.17, 15) is 0 Å². The van der Waals surface area contributed by atoms with E-state index < -0.39 is 0 Å². The molecule has 0 N–H and O–H groups in total. The van der Waals surface area contributed by atoms with E-state index in [0.29, 0.717) is 0 Å².